The summed E-state index contributed by atoms with van der Waals surface area (Å²) in [5.41, 5.74) is 5.93. The highest BCUT2D eigenvalue weighted by molar-refractivity contribution is 5.26. The molecular formula is C14H19F2NO. The standard InChI is InChI=1S/C14H19F2NO/c1-3-14(4-2)11(17)8-12(14)18-10-7-5-6-9(15)13(10)16/h5-7,11-12H,3-4,8,17H2,1-2H3. The van der Waals surface area contributed by atoms with Crippen LogP contribution in [0.25, 0.3) is 0 Å². The summed E-state index contributed by atoms with van der Waals surface area (Å²) in [6, 6.07) is 4.07. The monoisotopic (exact) mass is 255 g/mol. The van der Waals surface area contributed by atoms with E-state index in [4.69, 9.17) is 10.5 Å². The molecule has 0 spiro atoms. The van der Waals surface area contributed by atoms with Crippen molar-refractivity contribution in [2.75, 3.05) is 0 Å². The first-order valence-electron chi connectivity index (χ1n) is 6.41. The van der Waals surface area contributed by atoms with Gasteiger partial charge < -0.3 is 10.5 Å². The van der Waals surface area contributed by atoms with Crippen LogP contribution < -0.4 is 10.5 Å². The molecule has 1 aliphatic rings. The molecule has 0 saturated heterocycles. The average Bonchev–Trinajstić information content (AvgIpc) is 2.36. The van der Waals surface area contributed by atoms with Crippen LogP contribution in [0, 0.1) is 17.0 Å². The second kappa shape index (κ2) is 4.84. The molecule has 4 heteroatoms. The highest BCUT2D eigenvalue weighted by Gasteiger charge is 2.52. The highest BCUT2D eigenvalue weighted by atomic mass is 19.2. The van der Waals surface area contributed by atoms with Crippen LogP contribution in [0.3, 0.4) is 0 Å². The molecule has 18 heavy (non-hydrogen) atoms. The third-order valence-corrected chi connectivity index (χ3v) is 4.35. The summed E-state index contributed by atoms with van der Waals surface area (Å²) in [5.74, 6) is -1.81. The molecule has 0 aromatic heterocycles. The molecule has 1 aliphatic carbocycles. The number of ether oxygens (including phenoxy) is 1. The largest absolute Gasteiger partial charge is 0.487 e. The van der Waals surface area contributed by atoms with E-state index in [1.165, 1.54) is 12.1 Å². The molecule has 0 heterocycles. The van der Waals surface area contributed by atoms with Gasteiger partial charge in [-0.15, -0.1) is 0 Å². The van der Waals surface area contributed by atoms with Gasteiger partial charge in [-0.3, -0.25) is 0 Å². The van der Waals surface area contributed by atoms with E-state index in [-0.39, 0.29) is 23.3 Å². The van der Waals surface area contributed by atoms with Gasteiger partial charge in [-0.25, -0.2) is 4.39 Å². The Morgan fingerprint density at radius 1 is 1.33 bits per heavy atom. The molecule has 100 valence electrons. The lowest BCUT2D eigenvalue weighted by atomic mass is 9.59. The van der Waals surface area contributed by atoms with Gasteiger partial charge >= 0.3 is 0 Å². The Morgan fingerprint density at radius 2 is 2.00 bits per heavy atom. The van der Waals surface area contributed by atoms with E-state index in [1.807, 2.05) is 0 Å². The Hall–Kier alpha value is -1.16. The van der Waals surface area contributed by atoms with Crippen molar-refractivity contribution in [1.29, 1.82) is 0 Å². The SMILES string of the molecule is CCC1(CC)C(N)CC1Oc1cccc(F)c1F. The van der Waals surface area contributed by atoms with Crippen LogP contribution in [0.15, 0.2) is 18.2 Å². The van der Waals surface area contributed by atoms with Crippen molar-refractivity contribution in [2.45, 2.75) is 45.3 Å². The van der Waals surface area contributed by atoms with E-state index in [2.05, 4.69) is 13.8 Å². The number of hydrogen-bond acceptors (Lipinski definition) is 2. The summed E-state index contributed by atoms with van der Waals surface area (Å²) in [4.78, 5) is 0. The zero-order chi connectivity index (χ0) is 13.3. The molecule has 0 amide bonds. The van der Waals surface area contributed by atoms with Crippen molar-refractivity contribution >= 4 is 0 Å². The van der Waals surface area contributed by atoms with Crippen molar-refractivity contribution in [3.05, 3.63) is 29.8 Å². The van der Waals surface area contributed by atoms with Gasteiger partial charge in [0.1, 0.15) is 6.10 Å². The molecular weight excluding hydrogens is 236 g/mol. The lowest BCUT2D eigenvalue weighted by molar-refractivity contribution is -0.0739. The van der Waals surface area contributed by atoms with Crippen molar-refractivity contribution in [3.63, 3.8) is 0 Å². The lowest BCUT2D eigenvalue weighted by Crippen LogP contribution is -2.63. The third kappa shape index (κ3) is 1.88. The fourth-order valence-electron chi connectivity index (χ4n) is 2.90. The van der Waals surface area contributed by atoms with E-state index < -0.39 is 11.6 Å². The maximum atomic E-state index is 13.5. The molecule has 1 fully saturated rings. The number of rotatable bonds is 4. The molecule has 2 N–H and O–H groups in total. The van der Waals surface area contributed by atoms with Crippen LogP contribution in [-0.2, 0) is 0 Å². The van der Waals surface area contributed by atoms with Crippen LogP contribution in [0.5, 0.6) is 5.75 Å². The van der Waals surface area contributed by atoms with Gasteiger partial charge in [-0.2, -0.15) is 4.39 Å². The summed E-state index contributed by atoms with van der Waals surface area (Å²) >= 11 is 0. The van der Waals surface area contributed by atoms with Crippen LogP contribution >= 0.6 is 0 Å². The minimum atomic E-state index is -0.918. The summed E-state index contributed by atoms with van der Waals surface area (Å²) in [5, 5.41) is 0. The van der Waals surface area contributed by atoms with Crippen molar-refractivity contribution in [2.24, 2.45) is 11.1 Å². The maximum Gasteiger partial charge on any atom is 0.200 e. The quantitative estimate of drug-likeness (QED) is 0.896. The maximum absolute atomic E-state index is 13.5. The summed E-state index contributed by atoms with van der Waals surface area (Å²) in [6.07, 6.45) is 2.33. The highest BCUT2D eigenvalue weighted by Crippen LogP contribution is 2.48. The Morgan fingerprint density at radius 3 is 2.56 bits per heavy atom. The second-order valence-electron chi connectivity index (χ2n) is 4.94. The van der Waals surface area contributed by atoms with E-state index in [1.54, 1.807) is 0 Å². The van der Waals surface area contributed by atoms with Gasteiger partial charge in [0.15, 0.2) is 11.6 Å². The molecule has 2 atom stereocenters. The van der Waals surface area contributed by atoms with Crippen molar-refractivity contribution < 1.29 is 13.5 Å². The molecule has 2 nitrogen and oxygen atoms in total. The molecule has 1 saturated carbocycles. The fourth-order valence-corrected chi connectivity index (χ4v) is 2.90. The first-order chi connectivity index (χ1) is 8.55. The zero-order valence-corrected chi connectivity index (χ0v) is 10.7. The Bertz CT molecular complexity index is 432. The summed E-state index contributed by atoms with van der Waals surface area (Å²) < 4.78 is 32.3. The molecule has 0 radical (unpaired) electrons. The fraction of sp³-hybridized carbons (Fsp3) is 0.571. The summed E-state index contributed by atoms with van der Waals surface area (Å²) in [6.45, 7) is 4.11. The van der Waals surface area contributed by atoms with Gasteiger partial charge in [-0.05, 0) is 25.0 Å². The number of benzene rings is 1. The first-order valence-corrected chi connectivity index (χ1v) is 6.41. The topological polar surface area (TPSA) is 35.2 Å². The molecule has 1 aromatic carbocycles. The van der Waals surface area contributed by atoms with E-state index in [0.29, 0.717) is 6.42 Å². The summed E-state index contributed by atoms with van der Waals surface area (Å²) in [7, 11) is 0. The first kappa shape index (κ1) is 13.3. The lowest BCUT2D eigenvalue weighted by Gasteiger charge is -2.53. The predicted molar refractivity (Wildman–Crippen MR) is 66.4 cm³/mol. The van der Waals surface area contributed by atoms with Crippen LogP contribution in [-0.4, -0.2) is 12.1 Å². The van der Waals surface area contributed by atoms with Gasteiger partial charge in [0.25, 0.3) is 0 Å². The molecule has 0 bridgehead atoms. The van der Waals surface area contributed by atoms with Crippen molar-refractivity contribution in [1.82, 2.24) is 0 Å². The molecule has 0 aliphatic heterocycles. The van der Waals surface area contributed by atoms with Gasteiger partial charge in [-0.1, -0.05) is 19.9 Å². The average molecular weight is 255 g/mol. The minimum Gasteiger partial charge on any atom is -0.487 e. The zero-order valence-electron chi connectivity index (χ0n) is 10.7. The van der Waals surface area contributed by atoms with E-state index in [0.717, 1.165) is 18.9 Å². The molecule has 2 unspecified atom stereocenters. The van der Waals surface area contributed by atoms with Crippen LogP contribution in [0.4, 0.5) is 8.78 Å². The predicted octanol–water partition coefficient (Wildman–Crippen LogP) is 3.25. The van der Waals surface area contributed by atoms with E-state index in [9.17, 15) is 8.78 Å². The number of halogens is 2. The van der Waals surface area contributed by atoms with Gasteiger partial charge in [0.05, 0.1) is 0 Å². The number of nitrogens with two attached hydrogens (primary N) is 1. The van der Waals surface area contributed by atoms with Gasteiger partial charge in [0, 0.05) is 17.9 Å². The molecule has 1 aromatic rings. The number of hydrogen-bond donors (Lipinski definition) is 1. The van der Waals surface area contributed by atoms with Gasteiger partial charge in [0.2, 0.25) is 5.82 Å². The third-order valence-electron chi connectivity index (χ3n) is 4.35. The Kier molecular flexibility index (Phi) is 3.57. The second-order valence-corrected chi connectivity index (χ2v) is 4.94. The molecule has 2 rings (SSSR count). The van der Waals surface area contributed by atoms with Crippen LogP contribution in [0.2, 0.25) is 0 Å². The minimum absolute atomic E-state index is 0.0156. The smallest absolute Gasteiger partial charge is 0.200 e. The van der Waals surface area contributed by atoms with Crippen LogP contribution in [0.1, 0.15) is 33.1 Å². The van der Waals surface area contributed by atoms with Crippen molar-refractivity contribution in [3.8, 4) is 5.75 Å². The normalized spacial score (nSPS) is 25.6. The Labute approximate surface area is 106 Å². The van der Waals surface area contributed by atoms with E-state index >= 15 is 0 Å². The Balaban J connectivity index is 2.18.